The molecule has 2 fully saturated rings. The molecular formula is C18H35N3O2. The molecule has 2 rings (SSSR count). The number of fused-ring (bicyclic) bond motifs is 1. The van der Waals surface area contributed by atoms with Gasteiger partial charge in [0, 0.05) is 37.3 Å². The molecule has 23 heavy (non-hydrogen) atoms. The van der Waals surface area contributed by atoms with Crippen LogP contribution in [0.5, 0.6) is 0 Å². The van der Waals surface area contributed by atoms with Gasteiger partial charge in [0.15, 0.2) is 0 Å². The number of hydrogen-bond donors (Lipinski definition) is 1. The molecule has 0 bridgehead atoms. The van der Waals surface area contributed by atoms with Crippen LogP contribution < -0.4 is 5.32 Å². The zero-order valence-electron chi connectivity index (χ0n) is 15.8. The van der Waals surface area contributed by atoms with Crippen molar-refractivity contribution in [2.24, 2.45) is 0 Å². The van der Waals surface area contributed by atoms with Gasteiger partial charge in [0.2, 0.25) is 0 Å². The summed E-state index contributed by atoms with van der Waals surface area (Å²) < 4.78 is 5.57. The molecule has 0 spiro atoms. The highest BCUT2D eigenvalue weighted by atomic mass is 16.6. The van der Waals surface area contributed by atoms with Crippen LogP contribution in [-0.2, 0) is 4.74 Å². The van der Waals surface area contributed by atoms with Crippen molar-refractivity contribution in [1.29, 1.82) is 0 Å². The van der Waals surface area contributed by atoms with Gasteiger partial charge in [0.1, 0.15) is 5.60 Å². The van der Waals surface area contributed by atoms with E-state index >= 15 is 0 Å². The van der Waals surface area contributed by atoms with Crippen LogP contribution in [0.2, 0.25) is 0 Å². The topological polar surface area (TPSA) is 44.8 Å². The Balaban J connectivity index is 1.85. The van der Waals surface area contributed by atoms with Gasteiger partial charge in [0.05, 0.1) is 0 Å². The quantitative estimate of drug-likeness (QED) is 0.863. The summed E-state index contributed by atoms with van der Waals surface area (Å²) in [4.78, 5) is 16.9. The molecule has 1 amide bonds. The first-order valence-electron chi connectivity index (χ1n) is 9.06. The Labute approximate surface area is 141 Å². The summed E-state index contributed by atoms with van der Waals surface area (Å²) in [7, 11) is 0. The minimum atomic E-state index is -0.455. The van der Waals surface area contributed by atoms with Crippen molar-refractivity contribution < 1.29 is 9.53 Å². The average molecular weight is 325 g/mol. The van der Waals surface area contributed by atoms with Gasteiger partial charge >= 0.3 is 6.09 Å². The van der Waals surface area contributed by atoms with E-state index in [-0.39, 0.29) is 11.6 Å². The van der Waals surface area contributed by atoms with Crippen LogP contribution in [0.3, 0.4) is 0 Å². The van der Waals surface area contributed by atoms with E-state index in [0.29, 0.717) is 18.6 Å². The van der Waals surface area contributed by atoms with E-state index in [9.17, 15) is 4.79 Å². The monoisotopic (exact) mass is 325 g/mol. The second-order valence-corrected chi connectivity index (χ2v) is 8.90. The summed E-state index contributed by atoms with van der Waals surface area (Å²) >= 11 is 0. The first-order valence-corrected chi connectivity index (χ1v) is 9.06. The highest BCUT2D eigenvalue weighted by Crippen LogP contribution is 2.27. The molecule has 0 aliphatic carbocycles. The summed E-state index contributed by atoms with van der Waals surface area (Å²) in [5.74, 6) is 0. The lowest BCUT2D eigenvalue weighted by atomic mass is 10.1. The molecule has 0 radical (unpaired) electrons. The summed E-state index contributed by atoms with van der Waals surface area (Å²) in [6.07, 6.45) is 3.65. The van der Waals surface area contributed by atoms with Crippen LogP contribution in [0.1, 0.15) is 60.8 Å². The number of amides is 1. The van der Waals surface area contributed by atoms with Crippen LogP contribution in [0.25, 0.3) is 0 Å². The Kier molecular flexibility index (Phi) is 5.62. The fraction of sp³-hybridized carbons (Fsp3) is 0.944. The maximum atomic E-state index is 12.5. The molecule has 0 aromatic heterocycles. The van der Waals surface area contributed by atoms with Crippen molar-refractivity contribution in [3.05, 3.63) is 0 Å². The zero-order chi connectivity index (χ0) is 17.3. The van der Waals surface area contributed by atoms with Crippen molar-refractivity contribution in [1.82, 2.24) is 15.1 Å². The lowest BCUT2D eigenvalue weighted by Crippen LogP contribution is -2.51. The average Bonchev–Trinajstić information content (AvgIpc) is 2.94. The van der Waals surface area contributed by atoms with Gasteiger partial charge in [-0.2, -0.15) is 0 Å². The van der Waals surface area contributed by atoms with Gasteiger partial charge in [-0.1, -0.05) is 0 Å². The Morgan fingerprint density at radius 3 is 2.48 bits per heavy atom. The second kappa shape index (κ2) is 6.98. The van der Waals surface area contributed by atoms with Crippen LogP contribution in [0, 0.1) is 0 Å². The zero-order valence-corrected chi connectivity index (χ0v) is 15.8. The number of carbonyl (C=O) groups excluding carboxylic acids is 1. The number of ether oxygens (including phenoxy) is 1. The highest BCUT2D eigenvalue weighted by Gasteiger charge is 2.37. The summed E-state index contributed by atoms with van der Waals surface area (Å²) in [6.45, 7) is 15.9. The second-order valence-electron chi connectivity index (χ2n) is 8.90. The summed E-state index contributed by atoms with van der Waals surface area (Å²) in [6, 6.07) is 1.29. The van der Waals surface area contributed by atoms with E-state index in [1.54, 1.807) is 0 Å². The molecule has 134 valence electrons. The Morgan fingerprint density at radius 1 is 1.17 bits per heavy atom. The number of hydrogen-bond acceptors (Lipinski definition) is 4. The van der Waals surface area contributed by atoms with Crippen LogP contribution in [0.4, 0.5) is 4.79 Å². The molecule has 0 aromatic rings. The first kappa shape index (κ1) is 18.5. The molecule has 2 aliphatic heterocycles. The molecule has 0 saturated carbocycles. The Bertz CT molecular complexity index is 411. The van der Waals surface area contributed by atoms with E-state index in [0.717, 1.165) is 6.54 Å². The third-order valence-electron chi connectivity index (χ3n) is 4.77. The fourth-order valence-corrected chi connectivity index (χ4v) is 3.70. The van der Waals surface area contributed by atoms with E-state index in [1.165, 1.54) is 32.4 Å². The number of nitrogens with one attached hydrogen (secondary N) is 1. The van der Waals surface area contributed by atoms with Gasteiger partial charge in [0.25, 0.3) is 0 Å². The van der Waals surface area contributed by atoms with Crippen molar-refractivity contribution >= 4 is 6.09 Å². The van der Waals surface area contributed by atoms with Crippen molar-refractivity contribution in [2.45, 2.75) is 84.0 Å². The minimum Gasteiger partial charge on any atom is -0.444 e. The Hall–Kier alpha value is -0.810. The molecule has 5 nitrogen and oxygen atoms in total. The maximum absolute atomic E-state index is 12.5. The van der Waals surface area contributed by atoms with E-state index in [4.69, 9.17) is 4.74 Å². The van der Waals surface area contributed by atoms with Gasteiger partial charge < -0.3 is 15.0 Å². The molecular weight excluding hydrogens is 290 g/mol. The predicted molar refractivity (Wildman–Crippen MR) is 93.7 cm³/mol. The molecule has 2 saturated heterocycles. The van der Waals surface area contributed by atoms with Crippen LogP contribution >= 0.6 is 0 Å². The van der Waals surface area contributed by atoms with E-state index < -0.39 is 5.60 Å². The fourth-order valence-electron chi connectivity index (χ4n) is 3.70. The molecule has 2 heterocycles. The molecule has 2 unspecified atom stereocenters. The molecule has 1 N–H and O–H groups in total. The van der Waals surface area contributed by atoms with Crippen molar-refractivity contribution in [2.75, 3.05) is 26.2 Å². The van der Waals surface area contributed by atoms with Gasteiger partial charge in [-0.15, -0.1) is 0 Å². The van der Waals surface area contributed by atoms with E-state index in [1.807, 2.05) is 25.7 Å². The molecule has 2 atom stereocenters. The lowest BCUT2D eigenvalue weighted by molar-refractivity contribution is 0.00642. The SMILES string of the molecule is CC(C)(C)OC(=O)N(CCNC1CCN2CCCC12)C(C)(C)C. The normalized spacial score (nSPS) is 25.5. The third kappa shape index (κ3) is 5.08. The number of rotatable bonds is 4. The van der Waals surface area contributed by atoms with Crippen molar-refractivity contribution in [3.63, 3.8) is 0 Å². The van der Waals surface area contributed by atoms with Crippen LogP contribution in [0.15, 0.2) is 0 Å². The van der Waals surface area contributed by atoms with Crippen LogP contribution in [-0.4, -0.2) is 65.3 Å². The Morgan fingerprint density at radius 2 is 1.87 bits per heavy atom. The van der Waals surface area contributed by atoms with Gasteiger partial charge in [-0.3, -0.25) is 4.90 Å². The smallest absolute Gasteiger partial charge is 0.410 e. The van der Waals surface area contributed by atoms with Gasteiger partial charge in [-0.25, -0.2) is 4.79 Å². The summed E-state index contributed by atoms with van der Waals surface area (Å²) in [5, 5.41) is 3.68. The maximum Gasteiger partial charge on any atom is 0.410 e. The molecule has 2 aliphatic rings. The molecule has 5 heteroatoms. The van der Waals surface area contributed by atoms with Crippen molar-refractivity contribution in [3.8, 4) is 0 Å². The third-order valence-corrected chi connectivity index (χ3v) is 4.77. The number of nitrogens with zero attached hydrogens (tertiary/aromatic N) is 2. The lowest BCUT2D eigenvalue weighted by Gasteiger charge is -2.37. The minimum absolute atomic E-state index is 0.222. The van der Waals surface area contributed by atoms with E-state index in [2.05, 4.69) is 31.0 Å². The largest absolute Gasteiger partial charge is 0.444 e. The first-order chi connectivity index (χ1) is 10.6. The standard InChI is InChI=1S/C18H35N3O2/c1-17(2,3)21(16(22)23-18(4,5)6)13-10-19-14-9-12-20-11-7-8-15(14)20/h14-15,19H,7-13H2,1-6H3. The summed E-state index contributed by atoms with van der Waals surface area (Å²) in [5.41, 5.74) is -0.692. The molecule has 0 aromatic carbocycles. The number of carbonyl (C=O) groups is 1. The highest BCUT2D eigenvalue weighted by molar-refractivity contribution is 5.69. The predicted octanol–water partition coefficient (Wildman–Crippen LogP) is 2.85. The van der Waals surface area contributed by atoms with Gasteiger partial charge in [-0.05, 0) is 67.3 Å².